The highest BCUT2D eigenvalue weighted by atomic mass is 19.4. The van der Waals surface area contributed by atoms with Crippen molar-refractivity contribution in [1.29, 1.82) is 0 Å². The largest absolute Gasteiger partial charge is 0.573 e. The van der Waals surface area contributed by atoms with Crippen molar-refractivity contribution in [3.8, 4) is 5.75 Å². The van der Waals surface area contributed by atoms with Gasteiger partial charge in [-0.1, -0.05) is 12.1 Å². The van der Waals surface area contributed by atoms with Crippen molar-refractivity contribution in [1.82, 2.24) is 9.88 Å². The summed E-state index contributed by atoms with van der Waals surface area (Å²) in [4.78, 5) is 17.2. The zero-order valence-electron chi connectivity index (χ0n) is 14.6. The molecule has 0 aliphatic carbocycles. The number of carbonyl (C=O) groups is 1. The number of alkyl halides is 3. The van der Waals surface area contributed by atoms with Crippen LogP contribution < -0.4 is 4.74 Å². The second-order valence-electron chi connectivity index (χ2n) is 6.78. The van der Waals surface area contributed by atoms with Gasteiger partial charge in [0, 0.05) is 25.2 Å². The lowest BCUT2D eigenvalue weighted by atomic mass is 9.84. The maximum Gasteiger partial charge on any atom is 0.573 e. The molecule has 1 amide bonds. The number of nitrogens with one attached hydrogen (secondary N) is 1. The van der Waals surface area contributed by atoms with Gasteiger partial charge in [-0.15, -0.1) is 13.2 Å². The number of aliphatic hydroxyl groups is 1. The first-order chi connectivity index (χ1) is 13.2. The first kappa shape index (κ1) is 18.4. The zero-order chi connectivity index (χ0) is 19.9. The number of likely N-dealkylation sites (tertiary alicyclic amines) is 1. The molecular weight excluding hydrogens is 377 g/mol. The van der Waals surface area contributed by atoms with Gasteiger partial charge in [0.1, 0.15) is 11.4 Å². The SMILES string of the molecule is O=C(c1cc2occc2[nH]1)N1CCC(O)(c2cccc(OC(F)(F)F)c2)CC1. The Morgan fingerprint density at radius 2 is 1.96 bits per heavy atom. The number of rotatable bonds is 3. The maximum absolute atomic E-state index is 12.7. The summed E-state index contributed by atoms with van der Waals surface area (Å²) in [6, 6.07) is 8.66. The highest BCUT2D eigenvalue weighted by Gasteiger charge is 2.37. The molecule has 1 aromatic carbocycles. The molecule has 1 fully saturated rings. The number of ether oxygens (including phenoxy) is 1. The van der Waals surface area contributed by atoms with Crippen molar-refractivity contribution < 1.29 is 32.2 Å². The predicted octanol–water partition coefficient (Wildman–Crippen LogP) is 3.78. The predicted molar refractivity (Wildman–Crippen MR) is 92.7 cm³/mol. The second-order valence-corrected chi connectivity index (χ2v) is 6.78. The van der Waals surface area contributed by atoms with Crippen LogP contribution in [0.5, 0.6) is 5.75 Å². The standard InChI is InChI=1S/C19H17F3N2O4/c20-19(21,22)28-13-3-1-2-12(10-13)18(26)5-7-24(8-6-18)17(25)15-11-16-14(23-15)4-9-27-16/h1-4,9-11,23,26H,5-8H2. The summed E-state index contributed by atoms with van der Waals surface area (Å²) in [6.45, 7) is 0.528. The third-order valence-electron chi connectivity index (χ3n) is 4.95. The van der Waals surface area contributed by atoms with E-state index in [1.807, 2.05) is 0 Å². The number of benzene rings is 1. The van der Waals surface area contributed by atoms with Crippen LogP contribution in [0.2, 0.25) is 0 Å². The summed E-state index contributed by atoms with van der Waals surface area (Å²) >= 11 is 0. The molecule has 0 atom stereocenters. The van der Waals surface area contributed by atoms with Crippen LogP contribution >= 0.6 is 0 Å². The quantitative estimate of drug-likeness (QED) is 0.709. The number of aromatic nitrogens is 1. The number of furan rings is 1. The summed E-state index contributed by atoms with van der Waals surface area (Å²) in [5.41, 5.74) is 0.696. The zero-order valence-corrected chi connectivity index (χ0v) is 14.6. The van der Waals surface area contributed by atoms with Crippen LogP contribution in [0.25, 0.3) is 11.1 Å². The number of hydrogen-bond acceptors (Lipinski definition) is 4. The number of piperidine rings is 1. The van der Waals surface area contributed by atoms with E-state index in [4.69, 9.17) is 4.42 Å². The van der Waals surface area contributed by atoms with Crippen molar-refractivity contribution >= 4 is 17.0 Å². The smallest absolute Gasteiger partial charge is 0.463 e. The van der Waals surface area contributed by atoms with Crippen molar-refractivity contribution in [2.45, 2.75) is 24.8 Å². The monoisotopic (exact) mass is 394 g/mol. The van der Waals surface area contributed by atoms with E-state index < -0.39 is 12.0 Å². The van der Waals surface area contributed by atoms with E-state index in [1.165, 1.54) is 24.5 Å². The molecule has 1 saturated heterocycles. The van der Waals surface area contributed by atoms with E-state index in [9.17, 15) is 23.1 Å². The Hall–Kier alpha value is -2.94. The number of carbonyl (C=O) groups excluding carboxylic acids is 1. The van der Waals surface area contributed by atoms with Crippen LogP contribution in [-0.2, 0) is 5.60 Å². The number of H-pyrrole nitrogens is 1. The van der Waals surface area contributed by atoms with Gasteiger partial charge in [0.2, 0.25) is 0 Å². The van der Waals surface area contributed by atoms with Gasteiger partial charge in [0.15, 0.2) is 5.58 Å². The molecule has 6 nitrogen and oxygen atoms in total. The molecule has 3 heterocycles. The number of hydrogen-bond donors (Lipinski definition) is 2. The van der Waals surface area contributed by atoms with Crippen molar-refractivity contribution in [2.75, 3.05) is 13.1 Å². The summed E-state index contributed by atoms with van der Waals surface area (Å²) in [5, 5.41) is 10.9. The van der Waals surface area contributed by atoms with Crippen LogP contribution in [0.1, 0.15) is 28.9 Å². The van der Waals surface area contributed by atoms with Gasteiger partial charge in [-0.3, -0.25) is 4.79 Å². The van der Waals surface area contributed by atoms with Gasteiger partial charge >= 0.3 is 6.36 Å². The minimum Gasteiger partial charge on any atom is -0.463 e. The minimum atomic E-state index is -4.80. The van der Waals surface area contributed by atoms with E-state index >= 15 is 0 Å². The van der Waals surface area contributed by atoms with E-state index in [0.29, 0.717) is 16.8 Å². The molecule has 0 radical (unpaired) electrons. The van der Waals surface area contributed by atoms with Crippen molar-refractivity contribution in [3.05, 3.63) is 53.9 Å². The fraction of sp³-hybridized carbons (Fsp3) is 0.316. The Morgan fingerprint density at radius 1 is 1.21 bits per heavy atom. The third-order valence-corrected chi connectivity index (χ3v) is 4.95. The average Bonchev–Trinajstić information content (AvgIpc) is 3.22. The molecule has 2 aromatic heterocycles. The summed E-state index contributed by atoms with van der Waals surface area (Å²) < 4.78 is 46.4. The molecule has 1 aliphatic rings. The van der Waals surface area contributed by atoms with E-state index in [1.54, 1.807) is 23.1 Å². The van der Waals surface area contributed by atoms with Gasteiger partial charge in [0.05, 0.1) is 17.4 Å². The Bertz CT molecular complexity index is 971. The fourth-order valence-corrected chi connectivity index (χ4v) is 3.48. The van der Waals surface area contributed by atoms with Crippen LogP contribution in [0.3, 0.4) is 0 Å². The van der Waals surface area contributed by atoms with Crippen LogP contribution in [0.4, 0.5) is 13.2 Å². The highest BCUT2D eigenvalue weighted by Crippen LogP contribution is 2.35. The molecule has 3 aromatic rings. The van der Waals surface area contributed by atoms with E-state index in [2.05, 4.69) is 9.72 Å². The molecule has 0 spiro atoms. The van der Waals surface area contributed by atoms with Gasteiger partial charge in [0.25, 0.3) is 5.91 Å². The first-order valence-corrected chi connectivity index (χ1v) is 8.68. The maximum atomic E-state index is 12.7. The normalized spacial score (nSPS) is 17.1. The average molecular weight is 394 g/mol. The third kappa shape index (κ3) is 3.57. The minimum absolute atomic E-state index is 0.199. The van der Waals surface area contributed by atoms with Gasteiger partial charge < -0.3 is 24.1 Å². The lowest BCUT2D eigenvalue weighted by Crippen LogP contribution is -2.45. The Labute approximate surface area is 157 Å². The molecule has 9 heteroatoms. The van der Waals surface area contributed by atoms with Crippen LogP contribution in [-0.4, -0.2) is 40.3 Å². The van der Waals surface area contributed by atoms with Crippen LogP contribution in [0.15, 0.2) is 47.1 Å². The van der Waals surface area contributed by atoms with E-state index in [0.717, 1.165) is 5.52 Å². The van der Waals surface area contributed by atoms with Gasteiger partial charge in [-0.2, -0.15) is 0 Å². The van der Waals surface area contributed by atoms with Crippen molar-refractivity contribution in [3.63, 3.8) is 0 Å². The molecule has 1 aliphatic heterocycles. The number of amides is 1. The number of fused-ring (bicyclic) bond motifs is 1. The lowest BCUT2D eigenvalue weighted by Gasteiger charge is -2.38. The molecule has 0 saturated carbocycles. The molecule has 148 valence electrons. The second kappa shape index (κ2) is 6.59. The highest BCUT2D eigenvalue weighted by molar-refractivity contribution is 5.96. The molecule has 0 unspecified atom stereocenters. The van der Waals surface area contributed by atoms with Gasteiger partial charge in [-0.25, -0.2) is 0 Å². The van der Waals surface area contributed by atoms with Crippen LogP contribution in [0, 0.1) is 0 Å². The topological polar surface area (TPSA) is 78.7 Å². The fourth-order valence-electron chi connectivity index (χ4n) is 3.48. The van der Waals surface area contributed by atoms with Gasteiger partial charge in [-0.05, 0) is 30.5 Å². The first-order valence-electron chi connectivity index (χ1n) is 8.68. The van der Waals surface area contributed by atoms with Crippen molar-refractivity contribution in [2.24, 2.45) is 0 Å². The molecule has 4 rings (SSSR count). The molecular formula is C19H17F3N2O4. The Morgan fingerprint density at radius 3 is 2.64 bits per heavy atom. The number of halogens is 3. The molecule has 2 N–H and O–H groups in total. The van der Waals surface area contributed by atoms with E-state index in [-0.39, 0.29) is 37.6 Å². The number of aromatic amines is 1. The number of nitrogens with zero attached hydrogens (tertiary/aromatic N) is 1. The Balaban J connectivity index is 1.46. The lowest BCUT2D eigenvalue weighted by molar-refractivity contribution is -0.274. The Kier molecular flexibility index (Phi) is 4.34. The summed E-state index contributed by atoms with van der Waals surface area (Å²) in [7, 11) is 0. The summed E-state index contributed by atoms with van der Waals surface area (Å²) in [6.07, 6.45) is -2.88. The molecule has 28 heavy (non-hydrogen) atoms. The summed E-state index contributed by atoms with van der Waals surface area (Å²) in [5.74, 6) is -0.603. The molecule has 0 bridgehead atoms.